The Kier molecular flexibility index (Phi) is 5.28. The Balaban J connectivity index is 2.46. The second kappa shape index (κ2) is 6.53. The highest BCUT2D eigenvalue weighted by molar-refractivity contribution is 4.92. The summed E-state index contributed by atoms with van der Waals surface area (Å²) >= 11 is 0. The van der Waals surface area contributed by atoms with Gasteiger partial charge in [0.05, 0.1) is 18.5 Å². The van der Waals surface area contributed by atoms with E-state index in [9.17, 15) is 0 Å². The number of aliphatic hydroxyl groups excluding tert-OH is 1. The molecule has 1 rings (SSSR count). The number of hydrogen-bond acceptors (Lipinski definition) is 4. The second-order valence-corrected chi connectivity index (χ2v) is 3.70. The molecule has 0 radical (unpaired) electrons. The van der Waals surface area contributed by atoms with E-state index < -0.39 is 0 Å². The molecule has 1 aromatic heterocycles. The Morgan fingerprint density at radius 3 is 2.80 bits per heavy atom. The van der Waals surface area contributed by atoms with Crippen molar-refractivity contribution in [3.63, 3.8) is 0 Å². The van der Waals surface area contributed by atoms with Crippen LogP contribution in [0.1, 0.15) is 25.5 Å². The highest BCUT2D eigenvalue weighted by atomic mass is 16.3. The van der Waals surface area contributed by atoms with E-state index in [0.29, 0.717) is 6.54 Å². The van der Waals surface area contributed by atoms with Crippen LogP contribution in [0.5, 0.6) is 0 Å². The Morgan fingerprint density at radius 1 is 1.47 bits per heavy atom. The van der Waals surface area contributed by atoms with Crippen LogP contribution in [0.2, 0.25) is 0 Å². The highest BCUT2D eigenvalue weighted by Crippen LogP contribution is 2.03. The number of rotatable bonds is 7. The van der Waals surface area contributed by atoms with Crippen LogP contribution in [-0.2, 0) is 13.6 Å². The molecule has 0 saturated heterocycles. The standard InChI is InChI=1S/C10H20N4O/c1-3-4-5-14(6-7-15)9-10-8-11-12-13(10)2/h8,15H,3-7,9H2,1-2H3. The minimum absolute atomic E-state index is 0.203. The van der Waals surface area contributed by atoms with Gasteiger partial charge in [-0.25, -0.2) is 0 Å². The van der Waals surface area contributed by atoms with Gasteiger partial charge in [0.2, 0.25) is 0 Å². The first-order valence-corrected chi connectivity index (χ1v) is 5.44. The van der Waals surface area contributed by atoms with Crippen LogP contribution in [0.25, 0.3) is 0 Å². The van der Waals surface area contributed by atoms with Gasteiger partial charge in [0.15, 0.2) is 0 Å². The number of aromatic nitrogens is 3. The summed E-state index contributed by atoms with van der Waals surface area (Å²) in [6, 6.07) is 0. The summed E-state index contributed by atoms with van der Waals surface area (Å²) in [7, 11) is 1.89. The SMILES string of the molecule is CCCCN(CCO)Cc1cnnn1C. The second-order valence-electron chi connectivity index (χ2n) is 3.70. The zero-order chi connectivity index (χ0) is 11.1. The van der Waals surface area contributed by atoms with Crippen LogP contribution in [0.15, 0.2) is 6.20 Å². The Labute approximate surface area is 90.7 Å². The fraction of sp³-hybridized carbons (Fsp3) is 0.800. The summed E-state index contributed by atoms with van der Waals surface area (Å²) in [6.07, 6.45) is 4.10. The molecule has 0 saturated carbocycles. The van der Waals surface area contributed by atoms with Gasteiger partial charge in [0.25, 0.3) is 0 Å². The quantitative estimate of drug-likeness (QED) is 0.711. The summed E-state index contributed by atoms with van der Waals surface area (Å²) in [5.74, 6) is 0. The van der Waals surface area contributed by atoms with Crippen molar-refractivity contribution >= 4 is 0 Å². The van der Waals surface area contributed by atoms with E-state index in [2.05, 4.69) is 22.1 Å². The van der Waals surface area contributed by atoms with Gasteiger partial charge in [0.1, 0.15) is 0 Å². The largest absolute Gasteiger partial charge is 0.395 e. The number of unbranched alkanes of at least 4 members (excludes halogenated alkanes) is 1. The van der Waals surface area contributed by atoms with Gasteiger partial charge in [-0.1, -0.05) is 18.6 Å². The van der Waals surface area contributed by atoms with Crippen molar-refractivity contribution in [2.24, 2.45) is 7.05 Å². The molecular formula is C10H20N4O. The number of aliphatic hydroxyl groups is 1. The first-order valence-electron chi connectivity index (χ1n) is 5.44. The molecule has 0 unspecified atom stereocenters. The number of nitrogens with zero attached hydrogens (tertiary/aromatic N) is 4. The average Bonchev–Trinajstić information content (AvgIpc) is 2.61. The molecule has 15 heavy (non-hydrogen) atoms. The molecule has 0 aliphatic heterocycles. The minimum Gasteiger partial charge on any atom is -0.395 e. The van der Waals surface area contributed by atoms with E-state index in [4.69, 9.17) is 5.11 Å². The first kappa shape index (κ1) is 12.1. The predicted molar refractivity (Wildman–Crippen MR) is 58.3 cm³/mol. The molecule has 1 N–H and O–H groups in total. The maximum atomic E-state index is 8.95. The predicted octanol–water partition coefficient (Wildman–Crippen LogP) is 0.409. The maximum Gasteiger partial charge on any atom is 0.0738 e. The topological polar surface area (TPSA) is 54.2 Å². The normalized spacial score (nSPS) is 11.2. The van der Waals surface area contributed by atoms with Crippen molar-refractivity contribution in [2.45, 2.75) is 26.3 Å². The summed E-state index contributed by atoms with van der Waals surface area (Å²) in [4.78, 5) is 2.22. The molecule has 0 bridgehead atoms. The molecule has 0 aliphatic carbocycles. The number of hydrogen-bond donors (Lipinski definition) is 1. The third-order valence-corrected chi connectivity index (χ3v) is 2.44. The zero-order valence-electron chi connectivity index (χ0n) is 9.56. The molecule has 0 aromatic carbocycles. The lowest BCUT2D eigenvalue weighted by Gasteiger charge is -2.20. The van der Waals surface area contributed by atoms with Crippen molar-refractivity contribution in [1.29, 1.82) is 0 Å². The van der Waals surface area contributed by atoms with Crippen LogP contribution >= 0.6 is 0 Å². The summed E-state index contributed by atoms with van der Waals surface area (Å²) < 4.78 is 1.77. The van der Waals surface area contributed by atoms with Crippen molar-refractivity contribution in [3.8, 4) is 0 Å². The molecule has 5 heteroatoms. The lowest BCUT2D eigenvalue weighted by molar-refractivity contribution is 0.185. The number of aryl methyl sites for hydroxylation is 1. The van der Waals surface area contributed by atoms with Gasteiger partial charge in [-0.05, 0) is 13.0 Å². The zero-order valence-corrected chi connectivity index (χ0v) is 9.56. The summed E-state index contributed by atoms with van der Waals surface area (Å²) in [5, 5.41) is 16.7. The minimum atomic E-state index is 0.203. The van der Waals surface area contributed by atoms with Crippen LogP contribution in [-0.4, -0.2) is 44.7 Å². The van der Waals surface area contributed by atoms with Crippen LogP contribution in [0.4, 0.5) is 0 Å². The molecule has 5 nitrogen and oxygen atoms in total. The lowest BCUT2D eigenvalue weighted by atomic mass is 10.3. The molecule has 1 aromatic rings. The van der Waals surface area contributed by atoms with Crippen LogP contribution in [0.3, 0.4) is 0 Å². The van der Waals surface area contributed by atoms with Gasteiger partial charge in [-0.15, -0.1) is 5.10 Å². The Hall–Kier alpha value is -0.940. The fourth-order valence-corrected chi connectivity index (χ4v) is 1.48. The van der Waals surface area contributed by atoms with E-state index in [1.165, 1.54) is 6.42 Å². The lowest BCUT2D eigenvalue weighted by Crippen LogP contribution is -2.28. The molecule has 1 heterocycles. The molecule has 0 atom stereocenters. The molecular weight excluding hydrogens is 192 g/mol. The molecule has 86 valence electrons. The van der Waals surface area contributed by atoms with Gasteiger partial charge < -0.3 is 5.11 Å². The molecule has 0 aliphatic rings. The van der Waals surface area contributed by atoms with E-state index in [1.54, 1.807) is 10.9 Å². The Morgan fingerprint density at radius 2 is 2.27 bits per heavy atom. The van der Waals surface area contributed by atoms with Crippen LogP contribution < -0.4 is 0 Å². The summed E-state index contributed by atoms with van der Waals surface area (Å²) in [5.41, 5.74) is 1.08. The van der Waals surface area contributed by atoms with E-state index >= 15 is 0 Å². The fourth-order valence-electron chi connectivity index (χ4n) is 1.48. The summed E-state index contributed by atoms with van der Waals surface area (Å²) in [6.45, 7) is 4.91. The van der Waals surface area contributed by atoms with Crippen molar-refractivity contribution in [3.05, 3.63) is 11.9 Å². The average molecular weight is 212 g/mol. The highest BCUT2D eigenvalue weighted by Gasteiger charge is 2.07. The van der Waals surface area contributed by atoms with Gasteiger partial charge in [0, 0.05) is 20.1 Å². The van der Waals surface area contributed by atoms with Gasteiger partial charge >= 0.3 is 0 Å². The van der Waals surface area contributed by atoms with E-state index in [-0.39, 0.29) is 6.61 Å². The van der Waals surface area contributed by atoms with Crippen molar-refractivity contribution < 1.29 is 5.11 Å². The van der Waals surface area contributed by atoms with E-state index in [0.717, 1.165) is 25.2 Å². The van der Waals surface area contributed by atoms with Crippen molar-refractivity contribution in [2.75, 3.05) is 19.7 Å². The monoisotopic (exact) mass is 212 g/mol. The third-order valence-electron chi connectivity index (χ3n) is 2.44. The van der Waals surface area contributed by atoms with E-state index in [1.807, 2.05) is 7.05 Å². The first-order chi connectivity index (χ1) is 7.27. The van der Waals surface area contributed by atoms with Crippen molar-refractivity contribution in [1.82, 2.24) is 19.9 Å². The third kappa shape index (κ3) is 3.97. The van der Waals surface area contributed by atoms with Crippen LogP contribution in [0, 0.1) is 0 Å². The van der Waals surface area contributed by atoms with Gasteiger partial charge in [-0.3, -0.25) is 9.58 Å². The molecule has 0 spiro atoms. The van der Waals surface area contributed by atoms with Gasteiger partial charge in [-0.2, -0.15) is 0 Å². The molecule has 0 fully saturated rings. The maximum absolute atomic E-state index is 8.95. The Bertz CT molecular complexity index is 274. The molecule has 0 amide bonds. The smallest absolute Gasteiger partial charge is 0.0738 e.